The Morgan fingerprint density at radius 1 is 0.800 bits per heavy atom. The van der Waals surface area contributed by atoms with Crippen molar-refractivity contribution in [3.05, 3.63) is 47.5 Å². The summed E-state index contributed by atoms with van der Waals surface area (Å²) in [6, 6.07) is 11.5. The molecule has 0 bridgehead atoms. The van der Waals surface area contributed by atoms with Crippen LogP contribution in [0.4, 0.5) is 0 Å². The van der Waals surface area contributed by atoms with Gasteiger partial charge in [0.1, 0.15) is 23.0 Å². The molecule has 2 aromatic rings. The van der Waals surface area contributed by atoms with Gasteiger partial charge < -0.3 is 18.9 Å². The topological polar surface area (TPSA) is 36.9 Å². The second-order valence-corrected chi connectivity index (χ2v) is 5.52. The van der Waals surface area contributed by atoms with Crippen LogP contribution in [0.3, 0.4) is 0 Å². The van der Waals surface area contributed by atoms with Crippen LogP contribution < -0.4 is 18.9 Å². The van der Waals surface area contributed by atoms with Crippen LogP contribution in [0.15, 0.2) is 36.4 Å². The molecule has 0 radical (unpaired) electrons. The van der Waals surface area contributed by atoms with Gasteiger partial charge in [0, 0.05) is 11.6 Å². The molecule has 0 unspecified atom stereocenters. The zero-order valence-electron chi connectivity index (χ0n) is 16.2. The van der Waals surface area contributed by atoms with Gasteiger partial charge in [0.25, 0.3) is 0 Å². The van der Waals surface area contributed by atoms with Crippen molar-refractivity contribution in [1.82, 2.24) is 0 Å². The highest BCUT2D eigenvalue weighted by Crippen LogP contribution is 2.28. The predicted molar refractivity (Wildman–Crippen MR) is 102 cm³/mol. The Morgan fingerprint density at radius 3 is 2.04 bits per heavy atom. The number of methoxy groups -OCH3 is 2. The molecule has 4 nitrogen and oxygen atoms in total. The van der Waals surface area contributed by atoms with Gasteiger partial charge in [-0.1, -0.05) is 39.3 Å². The molecule has 0 aliphatic heterocycles. The minimum Gasteiger partial charge on any atom is -0.496 e. The Labute approximate surface area is 151 Å². The van der Waals surface area contributed by atoms with E-state index in [1.165, 1.54) is 6.42 Å². The summed E-state index contributed by atoms with van der Waals surface area (Å²) in [4.78, 5) is 0. The van der Waals surface area contributed by atoms with Crippen LogP contribution in [0.25, 0.3) is 0 Å². The van der Waals surface area contributed by atoms with Crippen LogP contribution in [0.5, 0.6) is 23.0 Å². The van der Waals surface area contributed by atoms with Gasteiger partial charge in [-0.25, -0.2) is 0 Å². The molecule has 0 atom stereocenters. The maximum absolute atomic E-state index is 5.67. The van der Waals surface area contributed by atoms with E-state index in [-0.39, 0.29) is 6.79 Å². The van der Waals surface area contributed by atoms with Crippen molar-refractivity contribution in [2.45, 2.75) is 40.5 Å². The van der Waals surface area contributed by atoms with Crippen molar-refractivity contribution < 1.29 is 18.9 Å². The first kappa shape index (κ1) is 20.7. The normalized spacial score (nSPS) is 9.68. The van der Waals surface area contributed by atoms with Crippen LogP contribution in [0.2, 0.25) is 0 Å². The van der Waals surface area contributed by atoms with E-state index in [1.807, 2.05) is 43.3 Å². The van der Waals surface area contributed by atoms with Crippen LogP contribution in [0, 0.1) is 6.92 Å². The van der Waals surface area contributed by atoms with Crippen LogP contribution in [-0.2, 0) is 6.42 Å². The van der Waals surface area contributed by atoms with E-state index in [2.05, 4.69) is 20.8 Å². The molecule has 0 aliphatic rings. The Kier molecular flexibility index (Phi) is 9.30. The van der Waals surface area contributed by atoms with E-state index < -0.39 is 0 Å². The smallest absolute Gasteiger partial charge is 0.230 e. The molecule has 0 amide bonds. The summed E-state index contributed by atoms with van der Waals surface area (Å²) in [6.45, 7) is 8.42. The summed E-state index contributed by atoms with van der Waals surface area (Å²) < 4.78 is 21.9. The molecular formula is C21H30O4. The fourth-order valence-electron chi connectivity index (χ4n) is 2.24. The van der Waals surface area contributed by atoms with Crippen LogP contribution in [-0.4, -0.2) is 21.0 Å². The van der Waals surface area contributed by atoms with Crippen molar-refractivity contribution in [3.63, 3.8) is 0 Å². The zero-order valence-corrected chi connectivity index (χ0v) is 16.2. The lowest BCUT2D eigenvalue weighted by molar-refractivity contribution is 0.118. The van der Waals surface area contributed by atoms with Crippen molar-refractivity contribution in [2.75, 3.05) is 21.0 Å². The summed E-state index contributed by atoms with van der Waals surface area (Å²) in [7, 11) is 3.30. The number of benzene rings is 2. The number of aryl methyl sites for hydroxylation is 1. The first-order valence-electron chi connectivity index (χ1n) is 8.67. The molecule has 0 spiro atoms. The number of hydrogen-bond donors (Lipinski definition) is 0. The molecule has 0 heterocycles. The Morgan fingerprint density at radius 2 is 1.44 bits per heavy atom. The molecule has 2 aromatic carbocycles. The summed E-state index contributed by atoms with van der Waals surface area (Å²) in [6.07, 6.45) is 2.17. The average molecular weight is 346 g/mol. The fraction of sp³-hybridized carbons (Fsp3) is 0.429. The largest absolute Gasteiger partial charge is 0.496 e. The highest BCUT2D eigenvalue weighted by molar-refractivity contribution is 5.43. The van der Waals surface area contributed by atoms with Gasteiger partial charge in [0.15, 0.2) is 0 Å². The number of hydrogen-bond acceptors (Lipinski definition) is 4. The monoisotopic (exact) mass is 346 g/mol. The molecule has 2 rings (SSSR count). The Balaban J connectivity index is 0.000000970. The number of ether oxygens (including phenoxy) is 4. The predicted octanol–water partition coefficient (Wildman–Crippen LogP) is 5.41. The second kappa shape index (κ2) is 11.2. The first-order chi connectivity index (χ1) is 12.1. The average Bonchev–Trinajstić information content (AvgIpc) is 2.63. The highest BCUT2D eigenvalue weighted by atomic mass is 16.7. The van der Waals surface area contributed by atoms with E-state index in [1.54, 1.807) is 14.2 Å². The molecule has 4 heteroatoms. The minimum absolute atomic E-state index is 0.128. The van der Waals surface area contributed by atoms with Crippen molar-refractivity contribution in [1.29, 1.82) is 0 Å². The molecule has 0 saturated heterocycles. The second-order valence-electron chi connectivity index (χ2n) is 5.52. The van der Waals surface area contributed by atoms with Gasteiger partial charge in [-0.05, 0) is 37.1 Å². The van der Waals surface area contributed by atoms with Crippen molar-refractivity contribution in [3.8, 4) is 23.0 Å². The van der Waals surface area contributed by atoms with Gasteiger partial charge in [-0.15, -0.1) is 0 Å². The van der Waals surface area contributed by atoms with E-state index in [9.17, 15) is 0 Å². The molecule has 0 fully saturated rings. The summed E-state index contributed by atoms with van der Waals surface area (Å²) in [5, 5.41) is 0. The van der Waals surface area contributed by atoms with Gasteiger partial charge in [0.2, 0.25) is 6.79 Å². The van der Waals surface area contributed by atoms with Gasteiger partial charge >= 0.3 is 0 Å². The molecule has 138 valence electrons. The molecular weight excluding hydrogens is 316 g/mol. The van der Waals surface area contributed by atoms with Gasteiger partial charge in [0.05, 0.1) is 14.2 Å². The third-order valence-corrected chi connectivity index (χ3v) is 3.53. The van der Waals surface area contributed by atoms with E-state index >= 15 is 0 Å². The zero-order chi connectivity index (χ0) is 18.7. The number of rotatable bonds is 7. The van der Waals surface area contributed by atoms with E-state index in [4.69, 9.17) is 18.9 Å². The highest BCUT2D eigenvalue weighted by Gasteiger charge is 2.06. The lowest BCUT2D eigenvalue weighted by atomic mass is 10.1. The van der Waals surface area contributed by atoms with Crippen LogP contribution in [0.1, 0.15) is 38.3 Å². The first-order valence-corrected chi connectivity index (χ1v) is 8.67. The van der Waals surface area contributed by atoms with Crippen LogP contribution >= 0.6 is 0 Å². The standard InChI is InChI=1S/C18H22O4.C3H8/c1-5-14-9-10-15(11-18(14)20-4)21-12-22-17-8-6-7-16(19-3)13(17)2;1-3-2/h6-11H,5,12H2,1-4H3;3H2,1-2H3. The lowest BCUT2D eigenvalue weighted by Crippen LogP contribution is -2.07. The van der Waals surface area contributed by atoms with Crippen molar-refractivity contribution >= 4 is 0 Å². The van der Waals surface area contributed by atoms with E-state index in [0.717, 1.165) is 40.5 Å². The summed E-state index contributed by atoms with van der Waals surface area (Å²) in [5.41, 5.74) is 2.10. The third kappa shape index (κ3) is 6.22. The molecule has 0 aliphatic carbocycles. The maximum Gasteiger partial charge on any atom is 0.230 e. The van der Waals surface area contributed by atoms with Crippen molar-refractivity contribution in [2.24, 2.45) is 0 Å². The minimum atomic E-state index is 0.128. The maximum atomic E-state index is 5.67. The molecule has 0 saturated carbocycles. The Bertz CT molecular complexity index is 638. The Hall–Kier alpha value is -2.36. The van der Waals surface area contributed by atoms with E-state index in [0.29, 0.717) is 0 Å². The summed E-state index contributed by atoms with van der Waals surface area (Å²) >= 11 is 0. The SMILES string of the molecule is CCC.CCc1ccc(OCOc2cccc(OC)c2C)cc1OC. The lowest BCUT2D eigenvalue weighted by Gasteiger charge is -2.14. The van der Waals surface area contributed by atoms with Gasteiger partial charge in [-0.3, -0.25) is 0 Å². The molecule has 0 aromatic heterocycles. The summed E-state index contributed by atoms with van der Waals surface area (Å²) in [5.74, 6) is 3.09. The van der Waals surface area contributed by atoms with Gasteiger partial charge in [-0.2, -0.15) is 0 Å². The third-order valence-electron chi connectivity index (χ3n) is 3.53. The fourth-order valence-corrected chi connectivity index (χ4v) is 2.24. The molecule has 25 heavy (non-hydrogen) atoms. The quantitative estimate of drug-likeness (QED) is 0.629. The molecule has 0 N–H and O–H groups in total.